The van der Waals surface area contributed by atoms with Gasteiger partial charge < -0.3 is 20.4 Å². The molecule has 0 aromatic carbocycles. The number of rotatable bonds is 13. The molecule has 1 fully saturated rings. The first-order chi connectivity index (χ1) is 13.0. The Morgan fingerprint density at radius 3 is 2.56 bits per heavy atom. The predicted octanol–water partition coefficient (Wildman–Crippen LogP) is 3.60. The second-order valence-corrected chi connectivity index (χ2v) is 7.41. The summed E-state index contributed by atoms with van der Waals surface area (Å²) in [4.78, 5) is 10.5. The molecule has 0 radical (unpaired) electrons. The Balaban J connectivity index is 2.44. The molecule has 1 aliphatic rings. The van der Waals surface area contributed by atoms with Crippen molar-refractivity contribution in [3.05, 3.63) is 36.5 Å². The van der Waals surface area contributed by atoms with Crippen molar-refractivity contribution in [2.45, 2.75) is 83.0 Å². The molecular formula is C22H36O5. The highest BCUT2D eigenvalue weighted by Gasteiger charge is 2.39. The number of aliphatic hydroxyl groups excluding tert-OH is 3. The number of hydrogen-bond acceptors (Lipinski definition) is 4. The number of carboxylic acid groups (broad SMARTS) is 1. The zero-order valence-corrected chi connectivity index (χ0v) is 16.4. The Kier molecular flexibility index (Phi) is 12.0. The van der Waals surface area contributed by atoms with Crippen LogP contribution in [-0.2, 0) is 4.79 Å². The van der Waals surface area contributed by atoms with E-state index in [2.05, 4.69) is 25.2 Å². The van der Waals surface area contributed by atoms with E-state index in [1.54, 1.807) is 12.2 Å². The second kappa shape index (κ2) is 13.7. The smallest absolute Gasteiger partial charge is 0.303 e. The summed E-state index contributed by atoms with van der Waals surface area (Å²) in [5.41, 5.74) is 0. The molecule has 0 saturated heterocycles. The average molecular weight is 381 g/mol. The monoisotopic (exact) mass is 380 g/mol. The fourth-order valence-electron chi connectivity index (χ4n) is 3.48. The first-order valence-electron chi connectivity index (χ1n) is 10.2. The van der Waals surface area contributed by atoms with Crippen LogP contribution in [0.25, 0.3) is 0 Å². The first-order valence-corrected chi connectivity index (χ1v) is 10.2. The van der Waals surface area contributed by atoms with Crippen molar-refractivity contribution in [2.24, 2.45) is 11.8 Å². The maximum absolute atomic E-state index is 10.5. The molecule has 0 aliphatic heterocycles. The Labute approximate surface area is 163 Å². The van der Waals surface area contributed by atoms with Gasteiger partial charge in [-0.15, -0.1) is 0 Å². The molecule has 0 bridgehead atoms. The lowest BCUT2D eigenvalue weighted by Crippen LogP contribution is -2.20. The topological polar surface area (TPSA) is 98.0 Å². The number of unbranched alkanes of at least 4 members (excludes halogenated alkanes) is 3. The minimum absolute atomic E-state index is 0.0901. The SMILES string of the molecule is CCCCC/C=C\C/C=C\C[C@@H]1[C@H](/C=C/[C@H](O)CCC(=O)O)[C@@H](O)C[C@H]1O. The number of allylic oxidation sites excluding steroid dienone is 4. The Hall–Kier alpha value is -1.43. The maximum Gasteiger partial charge on any atom is 0.303 e. The number of aliphatic hydroxyl groups is 3. The van der Waals surface area contributed by atoms with Gasteiger partial charge in [-0.2, -0.15) is 0 Å². The molecule has 0 heterocycles. The third-order valence-electron chi connectivity index (χ3n) is 5.11. The van der Waals surface area contributed by atoms with Gasteiger partial charge in [-0.3, -0.25) is 4.79 Å². The zero-order chi connectivity index (χ0) is 20.1. The van der Waals surface area contributed by atoms with E-state index in [0.29, 0.717) is 12.8 Å². The van der Waals surface area contributed by atoms with Gasteiger partial charge in [0.1, 0.15) is 0 Å². The van der Waals surface area contributed by atoms with Crippen LogP contribution in [0.4, 0.5) is 0 Å². The van der Waals surface area contributed by atoms with Crippen LogP contribution in [0.15, 0.2) is 36.5 Å². The molecule has 0 aromatic rings. The highest BCUT2D eigenvalue weighted by atomic mass is 16.4. The molecule has 1 aliphatic carbocycles. The van der Waals surface area contributed by atoms with Gasteiger partial charge in [-0.25, -0.2) is 0 Å². The number of carbonyl (C=O) groups is 1. The summed E-state index contributed by atoms with van der Waals surface area (Å²) in [6.45, 7) is 2.19. The third kappa shape index (κ3) is 9.89. The van der Waals surface area contributed by atoms with Crippen LogP contribution in [0.2, 0.25) is 0 Å². The summed E-state index contributed by atoms with van der Waals surface area (Å²) in [5.74, 6) is -1.26. The summed E-state index contributed by atoms with van der Waals surface area (Å²) in [7, 11) is 0. The van der Waals surface area contributed by atoms with Crippen LogP contribution in [0.1, 0.15) is 64.7 Å². The van der Waals surface area contributed by atoms with Crippen molar-refractivity contribution in [1.29, 1.82) is 0 Å². The summed E-state index contributed by atoms with van der Waals surface area (Å²) >= 11 is 0. The van der Waals surface area contributed by atoms with Gasteiger partial charge in [0.25, 0.3) is 0 Å². The molecule has 5 nitrogen and oxygen atoms in total. The van der Waals surface area contributed by atoms with E-state index in [1.807, 2.05) is 6.08 Å². The fourth-order valence-corrected chi connectivity index (χ4v) is 3.48. The standard InChI is InChI=1S/C22H36O5/c1-2-3-4-5-6-7-8-9-10-11-18-19(21(25)16-20(18)24)14-12-17(23)13-15-22(26)27/h6-7,9-10,12,14,17-21,23-25H,2-5,8,11,13,15-16H2,1H3,(H,26,27)/b7-6-,10-9-,14-12+/t17-,18+,19-,20+,21-/m0/s1. The summed E-state index contributed by atoms with van der Waals surface area (Å²) in [6, 6.07) is 0. The fraction of sp³-hybridized carbons (Fsp3) is 0.682. The van der Waals surface area contributed by atoms with E-state index < -0.39 is 24.3 Å². The lowest BCUT2D eigenvalue weighted by atomic mass is 9.89. The first kappa shape index (κ1) is 23.6. The summed E-state index contributed by atoms with van der Waals surface area (Å²) < 4.78 is 0. The third-order valence-corrected chi connectivity index (χ3v) is 5.11. The largest absolute Gasteiger partial charge is 0.481 e. The van der Waals surface area contributed by atoms with E-state index in [-0.39, 0.29) is 24.7 Å². The second-order valence-electron chi connectivity index (χ2n) is 7.41. The Morgan fingerprint density at radius 2 is 1.85 bits per heavy atom. The molecule has 0 aromatic heterocycles. The summed E-state index contributed by atoms with van der Waals surface area (Å²) in [5, 5.41) is 38.9. The van der Waals surface area contributed by atoms with E-state index in [9.17, 15) is 20.1 Å². The predicted molar refractivity (Wildman–Crippen MR) is 107 cm³/mol. The van der Waals surface area contributed by atoms with Gasteiger partial charge >= 0.3 is 5.97 Å². The molecule has 0 unspecified atom stereocenters. The average Bonchev–Trinajstić information content (AvgIpc) is 2.89. The lowest BCUT2D eigenvalue weighted by Gasteiger charge is -2.19. The van der Waals surface area contributed by atoms with Gasteiger partial charge in [0.15, 0.2) is 0 Å². The van der Waals surface area contributed by atoms with Gasteiger partial charge in [0.05, 0.1) is 18.3 Å². The van der Waals surface area contributed by atoms with Crippen molar-refractivity contribution in [3.63, 3.8) is 0 Å². The zero-order valence-electron chi connectivity index (χ0n) is 16.4. The van der Waals surface area contributed by atoms with Crippen LogP contribution >= 0.6 is 0 Å². The molecule has 0 amide bonds. The number of aliphatic carboxylic acids is 1. The molecule has 5 atom stereocenters. The molecule has 0 spiro atoms. The van der Waals surface area contributed by atoms with Crippen molar-refractivity contribution < 1.29 is 25.2 Å². The minimum Gasteiger partial charge on any atom is -0.481 e. The number of carboxylic acids is 1. The molecule has 1 saturated carbocycles. The quantitative estimate of drug-likeness (QED) is 0.289. The maximum atomic E-state index is 10.5. The molecule has 4 N–H and O–H groups in total. The molecule has 1 rings (SSSR count). The molecule has 154 valence electrons. The van der Waals surface area contributed by atoms with Crippen LogP contribution in [-0.4, -0.2) is 44.7 Å². The molecule has 5 heteroatoms. The Bertz CT molecular complexity index is 497. The Morgan fingerprint density at radius 1 is 1.11 bits per heavy atom. The van der Waals surface area contributed by atoms with Crippen LogP contribution in [0, 0.1) is 11.8 Å². The van der Waals surface area contributed by atoms with E-state index in [4.69, 9.17) is 5.11 Å². The van der Waals surface area contributed by atoms with E-state index in [1.165, 1.54) is 19.3 Å². The highest BCUT2D eigenvalue weighted by Crippen LogP contribution is 2.36. The minimum atomic E-state index is -0.943. The van der Waals surface area contributed by atoms with Crippen molar-refractivity contribution in [1.82, 2.24) is 0 Å². The van der Waals surface area contributed by atoms with E-state index >= 15 is 0 Å². The lowest BCUT2D eigenvalue weighted by molar-refractivity contribution is -0.137. The van der Waals surface area contributed by atoms with Crippen molar-refractivity contribution in [3.8, 4) is 0 Å². The molecular weight excluding hydrogens is 344 g/mol. The van der Waals surface area contributed by atoms with Gasteiger partial charge in [0, 0.05) is 18.8 Å². The van der Waals surface area contributed by atoms with Crippen LogP contribution in [0.3, 0.4) is 0 Å². The van der Waals surface area contributed by atoms with Crippen LogP contribution < -0.4 is 0 Å². The normalized spacial score (nSPS) is 27.3. The summed E-state index contributed by atoms with van der Waals surface area (Å²) in [6.07, 6.45) is 16.5. The van der Waals surface area contributed by atoms with Crippen LogP contribution in [0.5, 0.6) is 0 Å². The highest BCUT2D eigenvalue weighted by molar-refractivity contribution is 5.66. The van der Waals surface area contributed by atoms with Gasteiger partial charge in [0.2, 0.25) is 0 Å². The van der Waals surface area contributed by atoms with Gasteiger partial charge in [-0.1, -0.05) is 56.2 Å². The number of hydrogen-bond donors (Lipinski definition) is 4. The van der Waals surface area contributed by atoms with Crippen molar-refractivity contribution in [2.75, 3.05) is 0 Å². The van der Waals surface area contributed by atoms with E-state index in [0.717, 1.165) is 12.8 Å². The van der Waals surface area contributed by atoms with Crippen molar-refractivity contribution >= 4 is 5.97 Å². The molecule has 27 heavy (non-hydrogen) atoms. The van der Waals surface area contributed by atoms with Gasteiger partial charge in [-0.05, 0) is 38.0 Å².